The number of halogens is 5. The monoisotopic (exact) mass is 519 g/mol. The second kappa shape index (κ2) is 12.5. The molecule has 0 aromatic heterocycles. The van der Waals surface area contributed by atoms with Gasteiger partial charge in [-0.15, -0.1) is 0 Å². The first-order valence-corrected chi connectivity index (χ1v) is 10.1. The Morgan fingerprint density at radius 3 is 2.62 bits per heavy atom. The molecule has 180 valence electrons. The number of carbonyl (C=O) groups excluding carboxylic acids is 2. The first-order chi connectivity index (χ1) is 14.5. The Hall–Kier alpha value is -1.67. The molecule has 0 radical (unpaired) electrons. The van der Waals surface area contributed by atoms with Gasteiger partial charge in [-0.2, -0.15) is 31.0 Å². The van der Waals surface area contributed by atoms with Crippen molar-refractivity contribution in [1.29, 1.82) is 0 Å². The van der Waals surface area contributed by atoms with Gasteiger partial charge in [0.05, 0.1) is 23.9 Å². The van der Waals surface area contributed by atoms with E-state index in [2.05, 4.69) is 17.2 Å². The second-order valence-electron chi connectivity index (χ2n) is 6.33. The average Bonchev–Trinajstić information content (AvgIpc) is 3.42. The smallest absolute Gasteiger partial charge is 0.407 e. The van der Waals surface area contributed by atoms with Crippen LogP contribution in [0.1, 0.15) is 13.3 Å². The van der Waals surface area contributed by atoms with Crippen LogP contribution in [0.15, 0.2) is 30.5 Å². The summed E-state index contributed by atoms with van der Waals surface area (Å²) in [6, 6.07) is 0.359. The van der Waals surface area contributed by atoms with Crippen molar-refractivity contribution in [2.75, 3.05) is 19.8 Å². The van der Waals surface area contributed by atoms with Crippen LogP contribution in [0.5, 0.6) is 5.75 Å². The van der Waals surface area contributed by atoms with E-state index in [0.717, 1.165) is 10.4 Å². The molecule has 1 aromatic carbocycles. The van der Waals surface area contributed by atoms with Crippen LogP contribution >= 0.6 is 37.3 Å². The lowest BCUT2D eigenvalue weighted by Gasteiger charge is -2.10. The third-order valence-corrected chi connectivity index (χ3v) is 5.20. The summed E-state index contributed by atoms with van der Waals surface area (Å²) in [7, 11) is 0. The molecule has 0 spiro atoms. The van der Waals surface area contributed by atoms with Gasteiger partial charge >= 0.3 is 6.18 Å². The van der Waals surface area contributed by atoms with Gasteiger partial charge in [-0.25, -0.2) is 4.39 Å². The van der Waals surface area contributed by atoms with E-state index < -0.39 is 42.5 Å². The van der Waals surface area contributed by atoms with Crippen LogP contribution in [0.4, 0.5) is 17.6 Å². The number of alkyl halides is 3. The minimum Gasteiger partial charge on any atom is -0.484 e. The third-order valence-electron chi connectivity index (χ3n) is 3.93. The van der Waals surface area contributed by atoms with E-state index >= 15 is 0 Å². The summed E-state index contributed by atoms with van der Waals surface area (Å²) >= 11 is 6.04. The van der Waals surface area contributed by atoms with Crippen molar-refractivity contribution < 1.29 is 36.1 Å². The molecule has 1 fully saturated rings. The maximum absolute atomic E-state index is 13.3. The largest absolute Gasteiger partial charge is 0.484 e. The Balaban J connectivity index is 0.00000512. The molecule has 3 atom stereocenters. The van der Waals surface area contributed by atoms with Crippen molar-refractivity contribution in [1.82, 2.24) is 14.9 Å². The molecule has 32 heavy (non-hydrogen) atoms. The highest BCUT2D eigenvalue weighted by Crippen LogP contribution is 2.46. The van der Waals surface area contributed by atoms with E-state index in [0.29, 0.717) is 12.2 Å². The molecule has 0 aliphatic carbocycles. The fourth-order valence-corrected chi connectivity index (χ4v) is 3.35. The van der Waals surface area contributed by atoms with Gasteiger partial charge in [0, 0.05) is 24.7 Å². The molecule has 1 saturated heterocycles. The van der Waals surface area contributed by atoms with Crippen molar-refractivity contribution in [2.24, 2.45) is 0 Å². The number of carbonyl (C=O) groups is 2. The van der Waals surface area contributed by atoms with Crippen molar-refractivity contribution in [3.05, 3.63) is 41.3 Å². The van der Waals surface area contributed by atoms with Gasteiger partial charge in [-0.05, 0) is 19.1 Å². The van der Waals surface area contributed by atoms with Crippen LogP contribution in [0.2, 0.25) is 5.02 Å². The summed E-state index contributed by atoms with van der Waals surface area (Å²) in [6.45, 7) is 5.05. The van der Waals surface area contributed by atoms with E-state index in [1.807, 2.05) is 0 Å². The highest BCUT2D eigenvalue weighted by Gasteiger charge is 2.67. The van der Waals surface area contributed by atoms with E-state index in [1.54, 1.807) is 6.92 Å². The number of ether oxygens (including phenoxy) is 1. The third kappa shape index (κ3) is 8.35. The minimum absolute atomic E-state index is 0. The lowest BCUT2D eigenvalue weighted by Crippen LogP contribution is -2.34. The Labute approximate surface area is 198 Å². The molecular formula is C18H22ClF4N3O4S2. The SMILES string of the molecule is C=C(CCNC(=O)COc1ccc(Cl)c(F)c1)NC(=O)C1C(C(F)(F)F)N1SOCC.S. The van der Waals surface area contributed by atoms with Gasteiger partial charge < -0.3 is 19.6 Å². The molecule has 0 bridgehead atoms. The predicted octanol–water partition coefficient (Wildman–Crippen LogP) is 3.32. The number of hydrogen-bond acceptors (Lipinski definition) is 6. The summed E-state index contributed by atoms with van der Waals surface area (Å²) < 4.78 is 63.1. The molecular weight excluding hydrogens is 498 g/mol. The zero-order valence-corrected chi connectivity index (χ0v) is 19.4. The lowest BCUT2D eigenvalue weighted by molar-refractivity contribution is -0.137. The molecule has 7 nitrogen and oxygen atoms in total. The van der Waals surface area contributed by atoms with E-state index in [4.69, 9.17) is 20.5 Å². The lowest BCUT2D eigenvalue weighted by atomic mass is 10.2. The van der Waals surface area contributed by atoms with E-state index in [-0.39, 0.29) is 49.5 Å². The van der Waals surface area contributed by atoms with Crippen LogP contribution in [-0.2, 0) is 13.8 Å². The predicted molar refractivity (Wildman–Crippen MR) is 117 cm³/mol. The van der Waals surface area contributed by atoms with Crippen molar-refractivity contribution >= 4 is 49.1 Å². The van der Waals surface area contributed by atoms with Crippen molar-refractivity contribution in [3.63, 3.8) is 0 Å². The molecule has 14 heteroatoms. The fraction of sp³-hybridized carbons (Fsp3) is 0.444. The van der Waals surface area contributed by atoms with E-state index in [1.165, 1.54) is 12.1 Å². The van der Waals surface area contributed by atoms with Gasteiger partial charge in [-0.1, -0.05) is 18.2 Å². The van der Waals surface area contributed by atoms with E-state index in [9.17, 15) is 27.2 Å². The first kappa shape index (κ1) is 28.4. The first-order valence-electron chi connectivity index (χ1n) is 9.02. The van der Waals surface area contributed by atoms with Crippen LogP contribution in [0, 0.1) is 5.82 Å². The van der Waals surface area contributed by atoms with Crippen molar-refractivity contribution in [3.8, 4) is 5.75 Å². The molecule has 2 amide bonds. The quantitative estimate of drug-likeness (QED) is 0.202. The van der Waals surface area contributed by atoms with Gasteiger partial charge in [0.25, 0.3) is 5.91 Å². The van der Waals surface area contributed by atoms with Gasteiger partial charge in [0.2, 0.25) is 5.91 Å². The number of hydrogen-bond donors (Lipinski definition) is 2. The average molecular weight is 520 g/mol. The highest BCUT2D eigenvalue weighted by atomic mass is 35.5. The molecule has 1 aliphatic rings. The Morgan fingerprint density at radius 2 is 2.03 bits per heavy atom. The summed E-state index contributed by atoms with van der Waals surface area (Å²) in [5.41, 5.74) is 0.139. The summed E-state index contributed by atoms with van der Waals surface area (Å²) in [5.74, 6) is -1.95. The molecule has 3 unspecified atom stereocenters. The Kier molecular flexibility index (Phi) is 11.1. The zero-order valence-electron chi connectivity index (χ0n) is 16.8. The molecule has 2 rings (SSSR count). The highest BCUT2D eigenvalue weighted by molar-refractivity contribution is 7.92. The van der Waals surface area contributed by atoms with Crippen LogP contribution in [-0.4, -0.2) is 54.1 Å². The van der Waals surface area contributed by atoms with Crippen LogP contribution in [0.3, 0.4) is 0 Å². The van der Waals surface area contributed by atoms with Gasteiger partial charge in [-0.3, -0.25) is 9.59 Å². The summed E-state index contributed by atoms with van der Waals surface area (Å²) in [4.78, 5) is 23.9. The molecule has 1 heterocycles. The molecule has 2 N–H and O–H groups in total. The minimum atomic E-state index is -4.57. The Morgan fingerprint density at radius 1 is 1.34 bits per heavy atom. The van der Waals surface area contributed by atoms with Crippen molar-refractivity contribution in [2.45, 2.75) is 31.6 Å². The maximum atomic E-state index is 13.3. The number of nitrogens with one attached hydrogen (secondary N) is 2. The Bertz CT molecular complexity index is 832. The molecule has 0 saturated carbocycles. The van der Waals surface area contributed by atoms with Gasteiger partial charge in [0.15, 0.2) is 6.61 Å². The topological polar surface area (TPSA) is 79.7 Å². The molecule has 1 aliphatic heterocycles. The van der Waals surface area contributed by atoms with Gasteiger partial charge in [0.1, 0.15) is 23.7 Å². The maximum Gasteiger partial charge on any atom is 0.407 e. The van der Waals surface area contributed by atoms with Crippen LogP contribution in [0.25, 0.3) is 0 Å². The standard InChI is InChI=1S/C18H20ClF4N3O4S.H2S/c1-3-30-31-26-15(16(26)18(21,22)23)17(28)25-10(2)6-7-24-14(27)9-29-11-4-5-12(19)13(20)8-11;/h4-5,8,15-16H,2-3,6-7,9H2,1H3,(H,24,27)(H,25,28);1H2. The fourth-order valence-electron chi connectivity index (χ4n) is 2.43. The second-order valence-corrected chi connectivity index (χ2v) is 7.54. The van der Waals surface area contributed by atoms with Crippen LogP contribution < -0.4 is 15.4 Å². The zero-order chi connectivity index (χ0) is 23.2. The normalized spacial score (nSPS) is 19.5. The number of amides is 2. The summed E-state index contributed by atoms with van der Waals surface area (Å²) in [5, 5.41) is 4.72. The number of benzene rings is 1. The summed E-state index contributed by atoms with van der Waals surface area (Å²) in [6.07, 6.45) is -4.48. The molecule has 1 aromatic rings. The number of rotatable bonds is 11. The number of nitrogens with zero attached hydrogens (tertiary/aromatic N) is 1.